The summed E-state index contributed by atoms with van der Waals surface area (Å²) >= 11 is 0. The second-order valence-corrected chi connectivity index (χ2v) is 13.8. The van der Waals surface area contributed by atoms with E-state index < -0.39 is 0 Å². The van der Waals surface area contributed by atoms with E-state index in [4.69, 9.17) is 9.97 Å². The molecule has 4 heteroatoms. The lowest BCUT2D eigenvalue weighted by Gasteiger charge is -2.13. The van der Waals surface area contributed by atoms with Crippen LogP contribution in [-0.4, -0.2) is 18.9 Å². The molecule has 0 spiro atoms. The Balaban J connectivity index is 1.25. The first-order valence-electron chi connectivity index (χ1n) is 17.8. The van der Waals surface area contributed by atoms with Crippen LogP contribution < -0.4 is 0 Å². The first-order chi connectivity index (χ1) is 25.8. The highest BCUT2D eigenvalue weighted by atomic mass is 15.1. The summed E-state index contributed by atoms with van der Waals surface area (Å²) < 4.78 is 4.88. The van der Waals surface area contributed by atoms with E-state index in [0.29, 0.717) is 5.82 Å². The molecular weight excluding hydrogens is 633 g/mol. The standard InChI is InChI=1S/C48H28N4/c1-2-13-29(14-3-1)30-17-12-18-33(25-30)47-49-39-22-9-6-20-35(39)48(50-47)52-41-24-11-8-21-36(41)44-43(52)28-37-34-19-7-10-23-40(34)51-42-27-32-16-5-4-15-31(32)26-38(42)45(44)46(37)51/h1-28H. The summed E-state index contributed by atoms with van der Waals surface area (Å²) in [4.78, 5) is 10.6. The van der Waals surface area contributed by atoms with Crippen molar-refractivity contribution in [3.8, 4) is 28.3 Å². The van der Waals surface area contributed by atoms with E-state index in [1.165, 1.54) is 65.2 Å². The molecular formula is C48H28N4. The number of benzene rings is 8. The van der Waals surface area contributed by atoms with Crippen LogP contribution in [0.2, 0.25) is 0 Å². The summed E-state index contributed by atoms with van der Waals surface area (Å²) in [5.41, 5.74) is 10.2. The largest absolute Gasteiger partial charge is 0.308 e. The molecule has 8 aromatic carbocycles. The molecule has 0 unspecified atom stereocenters. The van der Waals surface area contributed by atoms with Gasteiger partial charge in [-0.1, -0.05) is 121 Å². The van der Waals surface area contributed by atoms with E-state index in [9.17, 15) is 0 Å². The Bertz CT molecular complexity index is 3410. The Kier molecular flexibility index (Phi) is 5.47. The van der Waals surface area contributed by atoms with Gasteiger partial charge in [0.05, 0.1) is 33.1 Å². The Hall–Kier alpha value is -7.04. The van der Waals surface area contributed by atoms with Gasteiger partial charge < -0.3 is 4.40 Å². The predicted molar refractivity (Wildman–Crippen MR) is 217 cm³/mol. The minimum absolute atomic E-state index is 0.705. The molecule has 0 atom stereocenters. The van der Waals surface area contributed by atoms with Gasteiger partial charge in [-0.25, -0.2) is 9.97 Å². The van der Waals surface area contributed by atoms with E-state index in [-0.39, 0.29) is 0 Å². The van der Waals surface area contributed by atoms with Crippen molar-refractivity contribution in [2.75, 3.05) is 0 Å². The van der Waals surface area contributed by atoms with Crippen LogP contribution in [0, 0.1) is 0 Å². The molecule has 0 fully saturated rings. The molecule has 0 bridgehead atoms. The summed E-state index contributed by atoms with van der Waals surface area (Å²) in [6.07, 6.45) is 0. The van der Waals surface area contributed by atoms with E-state index >= 15 is 0 Å². The predicted octanol–water partition coefficient (Wildman–Crippen LogP) is 12.4. The molecule has 52 heavy (non-hydrogen) atoms. The van der Waals surface area contributed by atoms with Crippen molar-refractivity contribution in [3.63, 3.8) is 0 Å². The summed E-state index contributed by atoms with van der Waals surface area (Å²) in [7, 11) is 0. The summed E-state index contributed by atoms with van der Waals surface area (Å²) in [5, 5.41) is 11.0. The van der Waals surface area contributed by atoms with Crippen molar-refractivity contribution in [1.82, 2.24) is 18.9 Å². The fourth-order valence-electron chi connectivity index (χ4n) is 8.75. The Morgan fingerprint density at radius 3 is 1.90 bits per heavy atom. The number of hydrogen-bond donors (Lipinski definition) is 0. The molecule has 12 aromatic rings. The second kappa shape index (κ2) is 10.3. The van der Waals surface area contributed by atoms with Gasteiger partial charge in [0.15, 0.2) is 5.82 Å². The molecule has 12 rings (SSSR count). The fourth-order valence-corrected chi connectivity index (χ4v) is 8.75. The number of nitrogens with zero attached hydrogens (tertiary/aromatic N) is 4. The number of aromatic nitrogens is 4. The van der Waals surface area contributed by atoms with Crippen LogP contribution in [-0.2, 0) is 0 Å². The average molecular weight is 661 g/mol. The highest BCUT2D eigenvalue weighted by Gasteiger charge is 2.25. The van der Waals surface area contributed by atoms with Gasteiger partial charge in [-0.2, -0.15) is 0 Å². The van der Waals surface area contributed by atoms with E-state index in [0.717, 1.165) is 38.9 Å². The zero-order valence-electron chi connectivity index (χ0n) is 28.0. The molecule has 4 aromatic heterocycles. The van der Waals surface area contributed by atoms with E-state index in [1.54, 1.807) is 0 Å². The third-order valence-corrected chi connectivity index (χ3v) is 11.0. The fraction of sp³-hybridized carbons (Fsp3) is 0. The first kappa shape index (κ1) is 27.7. The Morgan fingerprint density at radius 2 is 1.04 bits per heavy atom. The van der Waals surface area contributed by atoms with Gasteiger partial charge >= 0.3 is 0 Å². The molecule has 4 nitrogen and oxygen atoms in total. The van der Waals surface area contributed by atoms with Crippen LogP contribution in [0.15, 0.2) is 170 Å². The third-order valence-electron chi connectivity index (χ3n) is 11.0. The van der Waals surface area contributed by atoms with Crippen molar-refractivity contribution in [2.24, 2.45) is 0 Å². The lowest BCUT2D eigenvalue weighted by atomic mass is 10.0. The average Bonchev–Trinajstić information content (AvgIpc) is 3.84. The minimum Gasteiger partial charge on any atom is -0.308 e. The van der Waals surface area contributed by atoms with Gasteiger partial charge in [0.1, 0.15) is 5.82 Å². The number of rotatable bonds is 3. The van der Waals surface area contributed by atoms with Crippen molar-refractivity contribution < 1.29 is 0 Å². The Morgan fingerprint density at radius 1 is 0.365 bits per heavy atom. The molecule has 0 amide bonds. The molecule has 240 valence electrons. The molecule has 0 saturated heterocycles. The highest BCUT2D eigenvalue weighted by Crippen LogP contribution is 2.47. The third kappa shape index (κ3) is 3.70. The van der Waals surface area contributed by atoms with Crippen LogP contribution in [0.5, 0.6) is 0 Å². The van der Waals surface area contributed by atoms with Gasteiger partial charge in [-0.3, -0.25) is 4.57 Å². The summed E-state index contributed by atoms with van der Waals surface area (Å²) in [5.74, 6) is 1.58. The smallest absolute Gasteiger partial charge is 0.162 e. The number of fused-ring (bicyclic) bond motifs is 12. The molecule has 0 N–H and O–H groups in total. The highest BCUT2D eigenvalue weighted by molar-refractivity contribution is 6.36. The molecule has 0 saturated carbocycles. The first-order valence-corrected chi connectivity index (χ1v) is 17.8. The maximum atomic E-state index is 5.48. The second-order valence-electron chi connectivity index (χ2n) is 13.8. The van der Waals surface area contributed by atoms with Crippen molar-refractivity contribution in [1.29, 1.82) is 0 Å². The van der Waals surface area contributed by atoms with Gasteiger partial charge in [-0.15, -0.1) is 0 Å². The Labute approximate surface area is 297 Å². The van der Waals surface area contributed by atoms with Crippen molar-refractivity contribution >= 4 is 81.6 Å². The van der Waals surface area contributed by atoms with Gasteiger partial charge in [0.25, 0.3) is 0 Å². The maximum absolute atomic E-state index is 5.48. The molecule has 4 heterocycles. The molecule has 0 aliphatic heterocycles. The number of hydrogen-bond acceptors (Lipinski definition) is 2. The quantitative estimate of drug-likeness (QED) is 0.189. The van der Waals surface area contributed by atoms with Gasteiger partial charge in [0, 0.05) is 43.3 Å². The van der Waals surface area contributed by atoms with Crippen LogP contribution in [0.1, 0.15) is 0 Å². The summed E-state index contributed by atoms with van der Waals surface area (Å²) in [6, 6.07) is 61.0. The topological polar surface area (TPSA) is 35.1 Å². The summed E-state index contributed by atoms with van der Waals surface area (Å²) in [6.45, 7) is 0. The molecule has 0 aliphatic carbocycles. The van der Waals surface area contributed by atoms with E-state index in [1.807, 2.05) is 0 Å². The normalized spacial score (nSPS) is 12.2. The SMILES string of the molecule is c1ccc(-c2cccc(-c3nc(-n4c5ccccc5c5c6c7cc8ccccc8cc7n7c8ccccc8c(cc54)c67)c4ccccc4n3)c2)cc1. The zero-order valence-corrected chi connectivity index (χ0v) is 28.0. The maximum Gasteiger partial charge on any atom is 0.162 e. The zero-order chi connectivity index (χ0) is 33.9. The van der Waals surface area contributed by atoms with Crippen LogP contribution in [0.3, 0.4) is 0 Å². The van der Waals surface area contributed by atoms with E-state index in [2.05, 4.69) is 179 Å². The monoisotopic (exact) mass is 660 g/mol. The van der Waals surface area contributed by atoms with Crippen LogP contribution in [0.25, 0.3) is 110 Å². The minimum atomic E-state index is 0.705. The van der Waals surface area contributed by atoms with Crippen molar-refractivity contribution in [3.05, 3.63) is 170 Å². The number of para-hydroxylation sites is 3. The lowest BCUT2D eigenvalue weighted by molar-refractivity contribution is 1.08. The van der Waals surface area contributed by atoms with Gasteiger partial charge in [0.2, 0.25) is 0 Å². The molecule has 0 radical (unpaired) electrons. The van der Waals surface area contributed by atoms with Gasteiger partial charge in [-0.05, 0) is 70.4 Å². The lowest BCUT2D eigenvalue weighted by Crippen LogP contribution is -2.02. The van der Waals surface area contributed by atoms with Crippen LogP contribution >= 0.6 is 0 Å². The van der Waals surface area contributed by atoms with Crippen molar-refractivity contribution in [2.45, 2.75) is 0 Å². The van der Waals surface area contributed by atoms with Crippen LogP contribution in [0.4, 0.5) is 0 Å². The molecule has 0 aliphatic rings.